The number of nitrogens with one attached hydrogen (secondary N) is 1. The SMILES string of the molecule is CCCOc1cccc(CNC(=NC)N2CCN(c3nc(CC)ns3)CC2)c1.I. The molecule has 1 aliphatic heterocycles. The van der Waals surface area contributed by atoms with E-state index in [1.54, 1.807) is 0 Å². The number of aliphatic imine (C=N–C) groups is 1. The summed E-state index contributed by atoms with van der Waals surface area (Å²) in [5.74, 6) is 2.80. The Hall–Kier alpha value is -1.62. The maximum Gasteiger partial charge on any atom is 0.205 e. The number of piperazine rings is 1. The lowest BCUT2D eigenvalue weighted by molar-refractivity contribution is 0.317. The Morgan fingerprint density at radius 2 is 2.03 bits per heavy atom. The second kappa shape index (κ2) is 12.2. The Morgan fingerprint density at radius 3 is 2.69 bits per heavy atom. The highest BCUT2D eigenvalue weighted by Crippen LogP contribution is 2.19. The Kier molecular flexibility index (Phi) is 9.92. The van der Waals surface area contributed by atoms with Gasteiger partial charge in [-0.1, -0.05) is 26.0 Å². The summed E-state index contributed by atoms with van der Waals surface area (Å²) >= 11 is 1.50. The molecular formula is C20H31IN6OS. The minimum Gasteiger partial charge on any atom is -0.494 e. The summed E-state index contributed by atoms with van der Waals surface area (Å²) in [5, 5.41) is 4.51. The van der Waals surface area contributed by atoms with Crippen molar-refractivity contribution in [3.8, 4) is 5.75 Å². The lowest BCUT2D eigenvalue weighted by Crippen LogP contribution is -2.52. The molecule has 0 unspecified atom stereocenters. The highest BCUT2D eigenvalue weighted by atomic mass is 127. The minimum absolute atomic E-state index is 0. The van der Waals surface area contributed by atoms with Gasteiger partial charge in [-0.25, -0.2) is 4.98 Å². The highest BCUT2D eigenvalue weighted by molar-refractivity contribution is 14.0. The summed E-state index contributed by atoms with van der Waals surface area (Å²) in [6.07, 6.45) is 1.90. The summed E-state index contributed by atoms with van der Waals surface area (Å²) in [7, 11) is 1.84. The lowest BCUT2D eigenvalue weighted by Gasteiger charge is -2.36. The van der Waals surface area contributed by atoms with Crippen molar-refractivity contribution in [3.63, 3.8) is 0 Å². The van der Waals surface area contributed by atoms with Crippen LogP contribution in [0.25, 0.3) is 0 Å². The molecule has 29 heavy (non-hydrogen) atoms. The van der Waals surface area contributed by atoms with Crippen LogP contribution in [0, 0.1) is 0 Å². The highest BCUT2D eigenvalue weighted by Gasteiger charge is 2.22. The van der Waals surface area contributed by atoms with Gasteiger partial charge in [0, 0.05) is 57.7 Å². The number of rotatable bonds is 7. The van der Waals surface area contributed by atoms with Gasteiger partial charge in [0.15, 0.2) is 5.96 Å². The van der Waals surface area contributed by atoms with Crippen molar-refractivity contribution in [1.29, 1.82) is 0 Å². The Labute approximate surface area is 194 Å². The smallest absolute Gasteiger partial charge is 0.205 e. The van der Waals surface area contributed by atoms with Crippen molar-refractivity contribution in [3.05, 3.63) is 35.7 Å². The predicted molar refractivity (Wildman–Crippen MR) is 131 cm³/mol. The van der Waals surface area contributed by atoms with Gasteiger partial charge in [-0.2, -0.15) is 4.37 Å². The van der Waals surface area contributed by atoms with Gasteiger partial charge in [-0.15, -0.1) is 24.0 Å². The molecule has 1 aliphatic rings. The lowest BCUT2D eigenvalue weighted by atomic mass is 10.2. The number of halogens is 1. The average molecular weight is 530 g/mol. The Morgan fingerprint density at radius 1 is 1.24 bits per heavy atom. The number of guanidine groups is 1. The molecule has 160 valence electrons. The van der Waals surface area contributed by atoms with Gasteiger partial charge in [0.1, 0.15) is 11.6 Å². The van der Waals surface area contributed by atoms with Crippen LogP contribution in [0.4, 0.5) is 5.13 Å². The average Bonchev–Trinajstić information content (AvgIpc) is 3.23. The van der Waals surface area contributed by atoms with Crippen LogP contribution in [0.15, 0.2) is 29.3 Å². The van der Waals surface area contributed by atoms with E-state index >= 15 is 0 Å². The van der Waals surface area contributed by atoms with Crippen molar-refractivity contribution < 1.29 is 4.74 Å². The van der Waals surface area contributed by atoms with Crippen LogP contribution < -0.4 is 15.0 Å². The van der Waals surface area contributed by atoms with Crippen molar-refractivity contribution in [2.24, 2.45) is 4.99 Å². The van der Waals surface area contributed by atoms with Crippen LogP contribution in [-0.2, 0) is 13.0 Å². The zero-order chi connectivity index (χ0) is 19.8. The van der Waals surface area contributed by atoms with Crippen molar-refractivity contribution in [2.45, 2.75) is 33.2 Å². The number of benzene rings is 1. The predicted octanol–water partition coefficient (Wildman–Crippen LogP) is 3.40. The topological polar surface area (TPSA) is 65.9 Å². The number of ether oxygens (including phenoxy) is 1. The van der Waals surface area contributed by atoms with E-state index < -0.39 is 0 Å². The molecule has 0 radical (unpaired) electrons. The molecule has 9 heteroatoms. The molecule has 0 aliphatic carbocycles. The minimum atomic E-state index is 0. The second-order valence-electron chi connectivity index (χ2n) is 6.72. The van der Waals surface area contributed by atoms with Crippen molar-refractivity contribution in [1.82, 2.24) is 19.6 Å². The number of aryl methyl sites for hydroxylation is 1. The van der Waals surface area contributed by atoms with E-state index in [0.717, 1.165) is 74.8 Å². The van der Waals surface area contributed by atoms with Gasteiger partial charge in [-0.05, 0) is 24.1 Å². The number of anilines is 1. The van der Waals surface area contributed by atoms with Crippen LogP contribution in [0.5, 0.6) is 5.75 Å². The van der Waals surface area contributed by atoms with E-state index in [1.807, 2.05) is 19.2 Å². The molecule has 1 fully saturated rings. The number of hydrogen-bond acceptors (Lipinski definition) is 6. The first-order valence-corrected chi connectivity index (χ1v) is 10.8. The van der Waals surface area contributed by atoms with E-state index in [2.05, 4.69) is 55.4 Å². The van der Waals surface area contributed by atoms with Gasteiger partial charge in [0.05, 0.1) is 6.61 Å². The fourth-order valence-corrected chi connectivity index (χ4v) is 3.91. The summed E-state index contributed by atoms with van der Waals surface area (Å²) in [6, 6.07) is 8.24. The molecule has 0 spiro atoms. The number of nitrogens with zero attached hydrogens (tertiary/aromatic N) is 5. The summed E-state index contributed by atoms with van der Waals surface area (Å²) in [5.41, 5.74) is 1.19. The van der Waals surface area contributed by atoms with Gasteiger partial charge in [0.2, 0.25) is 5.13 Å². The maximum absolute atomic E-state index is 5.72. The first-order chi connectivity index (χ1) is 13.7. The molecule has 7 nitrogen and oxygen atoms in total. The van der Waals surface area contributed by atoms with Crippen LogP contribution >= 0.6 is 35.5 Å². The van der Waals surface area contributed by atoms with Gasteiger partial charge >= 0.3 is 0 Å². The zero-order valence-corrected chi connectivity index (χ0v) is 20.6. The monoisotopic (exact) mass is 530 g/mol. The molecule has 0 bridgehead atoms. The van der Waals surface area contributed by atoms with E-state index in [1.165, 1.54) is 17.1 Å². The third-order valence-corrected chi connectivity index (χ3v) is 5.47. The van der Waals surface area contributed by atoms with Crippen LogP contribution in [-0.4, -0.2) is 60.1 Å². The molecule has 0 amide bonds. The zero-order valence-electron chi connectivity index (χ0n) is 17.4. The Bertz CT molecular complexity index is 776. The molecule has 1 aromatic heterocycles. The summed E-state index contributed by atoms with van der Waals surface area (Å²) < 4.78 is 10.1. The van der Waals surface area contributed by atoms with Crippen molar-refractivity contribution >= 4 is 46.6 Å². The first-order valence-electron chi connectivity index (χ1n) is 9.98. The van der Waals surface area contributed by atoms with Crippen molar-refractivity contribution in [2.75, 3.05) is 44.7 Å². The van der Waals surface area contributed by atoms with Gasteiger partial charge in [0.25, 0.3) is 0 Å². The van der Waals surface area contributed by atoms with Crippen LogP contribution in [0.2, 0.25) is 0 Å². The molecule has 1 saturated heterocycles. The van der Waals surface area contributed by atoms with E-state index in [4.69, 9.17) is 4.74 Å². The maximum atomic E-state index is 5.72. The molecule has 0 saturated carbocycles. The molecule has 1 aromatic carbocycles. The second-order valence-corrected chi connectivity index (χ2v) is 7.45. The number of hydrogen-bond donors (Lipinski definition) is 1. The standard InChI is InChI=1S/C20H30N6OS.HI/c1-4-13-27-17-8-6-7-16(14-17)15-22-19(21-3)25-9-11-26(12-10-25)20-23-18(5-2)24-28-20;/h6-8,14H,4-5,9-13,15H2,1-3H3,(H,21,22);1H. The molecule has 2 aromatic rings. The summed E-state index contributed by atoms with van der Waals surface area (Å²) in [6.45, 7) is 9.37. The molecule has 1 N–H and O–H groups in total. The molecule has 3 rings (SSSR count). The van der Waals surface area contributed by atoms with Crippen LogP contribution in [0.3, 0.4) is 0 Å². The Balaban J connectivity index is 0.00000300. The fraction of sp³-hybridized carbons (Fsp3) is 0.550. The quantitative estimate of drug-likeness (QED) is 0.337. The third-order valence-electron chi connectivity index (χ3n) is 4.66. The molecule has 0 atom stereocenters. The summed E-state index contributed by atoms with van der Waals surface area (Å²) in [4.78, 5) is 13.7. The van der Waals surface area contributed by atoms with E-state index in [-0.39, 0.29) is 24.0 Å². The molecular weight excluding hydrogens is 499 g/mol. The fourth-order valence-electron chi connectivity index (χ4n) is 3.10. The van der Waals surface area contributed by atoms with E-state index in [9.17, 15) is 0 Å². The normalized spacial score (nSPS) is 14.5. The largest absolute Gasteiger partial charge is 0.494 e. The van der Waals surface area contributed by atoms with Gasteiger partial charge in [-0.3, -0.25) is 4.99 Å². The third kappa shape index (κ3) is 6.70. The van der Waals surface area contributed by atoms with Gasteiger partial charge < -0.3 is 19.9 Å². The molecule has 2 heterocycles. The number of aromatic nitrogens is 2. The first kappa shape index (κ1) is 23.7. The van der Waals surface area contributed by atoms with E-state index in [0.29, 0.717) is 0 Å². The van der Waals surface area contributed by atoms with Crippen LogP contribution in [0.1, 0.15) is 31.7 Å².